The van der Waals surface area contributed by atoms with Gasteiger partial charge in [-0.2, -0.15) is 0 Å². The molecular formula is C13H10N4O3. The Kier molecular flexibility index (Phi) is 2.60. The van der Waals surface area contributed by atoms with Crippen molar-refractivity contribution >= 4 is 16.7 Å². The minimum Gasteiger partial charge on any atom is -0.692 e. The number of fused-ring (bicyclic) bond motifs is 1. The van der Waals surface area contributed by atoms with Crippen molar-refractivity contribution in [2.75, 3.05) is 0 Å². The van der Waals surface area contributed by atoms with Crippen LogP contribution in [0.2, 0.25) is 0 Å². The number of aryl methyl sites for hydroxylation is 1. The number of aromatic nitrogens is 3. The van der Waals surface area contributed by atoms with E-state index in [1.165, 1.54) is 23.0 Å². The highest BCUT2D eigenvalue weighted by atomic mass is 16.6. The monoisotopic (exact) mass is 270 g/mol. The Morgan fingerprint density at radius 3 is 2.70 bits per heavy atom. The van der Waals surface area contributed by atoms with Gasteiger partial charge in [0.15, 0.2) is 0 Å². The van der Waals surface area contributed by atoms with E-state index in [1.54, 1.807) is 12.1 Å². The van der Waals surface area contributed by atoms with Gasteiger partial charge in [-0.3, -0.25) is 10.1 Å². The molecule has 0 fully saturated rings. The number of nitro benzene ring substituents is 1. The summed E-state index contributed by atoms with van der Waals surface area (Å²) in [6.45, 7) is 1.87. The van der Waals surface area contributed by atoms with Crippen molar-refractivity contribution in [3.05, 3.63) is 63.3 Å². The number of nitrogens with zero attached hydrogens (tertiary/aromatic N) is 4. The lowest BCUT2D eigenvalue weighted by Crippen LogP contribution is -2.37. The maximum absolute atomic E-state index is 12.3. The van der Waals surface area contributed by atoms with Crippen molar-refractivity contribution in [3.8, 4) is 5.69 Å². The maximum Gasteiger partial charge on any atom is 0.274 e. The summed E-state index contributed by atoms with van der Waals surface area (Å²) >= 11 is 0. The Bertz CT molecular complexity index is 826. The van der Waals surface area contributed by atoms with Crippen LogP contribution in [0.5, 0.6) is 0 Å². The quantitative estimate of drug-likeness (QED) is 0.308. The highest BCUT2D eigenvalue weighted by molar-refractivity contribution is 5.73. The number of benzene rings is 2. The number of non-ortho nitro benzene ring substituents is 1. The first-order valence-corrected chi connectivity index (χ1v) is 5.91. The first-order chi connectivity index (χ1) is 9.58. The highest BCUT2D eigenvalue weighted by Crippen LogP contribution is 2.18. The molecule has 3 rings (SSSR count). The van der Waals surface area contributed by atoms with E-state index in [-0.39, 0.29) is 11.2 Å². The van der Waals surface area contributed by atoms with Crippen LogP contribution in [-0.2, 0) is 0 Å². The van der Waals surface area contributed by atoms with Gasteiger partial charge >= 0.3 is 0 Å². The molecule has 100 valence electrons. The molecule has 0 N–H and O–H groups in total. The zero-order chi connectivity index (χ0) is 14.3. The first kappa shape index (κ1) is 12.1. The summed E-state index contributed by atoms with van der Waals surface area (Å²) in [4.78, 5) is 12.0. The molecule has 0 unspecified atom stereocenters. The fourth-order valence-corrected chi connectivity index (χ4v) is 2.05. The largest absolute Gasteiger partial charge is 0.692 e. The number of hydrogen-bond donors (Lipinski definition) is 0. The Hall–Kier alpha value is -2.96. The van der Waals surface area contributed by atoms with Crippen molar-refractivity contribution in [3.63, 3.8) is 0 Å². The third kappa shape index (κ3) is 1.76. The predicted molar refractivity (Wildman–Crippen MR) is 71.4 cm³/mol. The summed E-state index contributed by atoms with van der Waals surface area (Å²) < 4.78 is 0. The number of rotatable bonds is 2. The number of para-hydroxylation sites is 1. The summed E-state index contributed by atoms with van der Waals surface area (Å²) in [6, 6.07) is 11.3. The Morgan fingerprint density at radius 1 is 1.25 bits per heavy atom. The molecule has 3 aromatic rings. The maximum atomic E-state index is 12.3. The lowest BCUT2D eigenvalue weighted by Gasteiger charge is -2.05. The van der Waals surface area contributed by atoms with E-state index < -0.39 is 4.92 Å². The molecule has 0 amide bonds. The normalized spacial score (nSPS) is 10.8. The van der Waals surface area contributed by atoms with E-state index in [2.05, 4.69) is 5.10 Å². The van der Waals surface area contributed by atoms with E-state index in [0.717, 1.165) is 5.56 Å². The fraction of sp³-hybridized carbons (Fsp3) is 0.0769. The van der Waals surface area contributed by atoms with E-state index >= 15 is 0 Å². The molecule has 20 heavy (non-hydrogen) atoms. The van der Waals surface area contributed by atoms with Gasteiger partial charge in [0.2, 0.25) is 5.52 Å². The minimum atomic E-state index is -0.537. The van der Waals surface area contributed by atoms with Gasteiger partial charge in [-0.05, 0) is 23.4 Å². The van der Waals surface area contributed by atoms with Crippen LogP contribution in [0.3, 0.4) is 0 Å². The number of nitro groups is 1. The number of hydrogen-bond acceptors (Lipinski definition) is 4. The topological polar surface area (TPSA) is 87.9 Å². The average molecular weight is 270 g/mol. The fourth-order valence-electron chi connectivity index (χ4n) is 2.05. The SMILES string of the molecule is Cc1ccccc1-n1nc2ccc([N+](=O)[O-])cc2[n+]1[O-]. The molecule has 0 saturated carbocycles. The zero-order valence-electron chi connectivity index (χ0n) is 10.6. The van der Waals surface area contributed by atoms with Crippen molar-refractivity contribution in [2.24, 2.45) is 0 Å². The Morgan fingerprint density at radius 2 is 2.00 bits per heavy atom. The molecule has 2 aromatic carbocycles. The Labute approximate surface area is 113 Å². The van der Waals surface area contributed by atoms with Crippen molar-refractivity contribution < 1.29 is 9.77 Å². The average Bonchev–Trinajstić information content (AvgIpc) is 2.76. The predicted octanol–water partition coefficient (Wildman–Crippen LogP) is 1.88. The van der Waals surface area contributed by atoms with Crippen LogP contribution in [0.1, 0.15) is 5.56 Å². The smallest absolute Gasteiger partial charge is 0.274 e. The van der Waals surface area contributed by atoms with Crippen molar-refractivity contribution in [1.29, 1.82) is 0 Å². The van der Waals surface area contributed by atoms with Crippen LogP contribution < -0.4 is 4.85 Å². The van der Waals surface area contributed by atoms with Crippen LogP contribution in [0.25, 0.3) is 16.7 Å². The molecule has 0 aliphatic heterocycles. The van der Waals surface area contributed by atoms with E-state index in [4.69, 9.17) is 0 Å². The van der Waals surface area contributed by atoms with E-state index in [0.29, 0.717) is 16.0 Å². The summed E-state index contributed by atoms with van der Waals surface area (Å²) in [6.07, 6.45) is 0. The van der Waals surface area contributed by atoms with Gasteiger partial charge in [0, 0.05) is 12.1 Å². The molecule has 0 bridgehead atoms. The van der Waals surface area contributed by atoms with Crippen LogP contribution in [-0.4, -0.2) is 14.8 Å². The summed E-state index contributed by atoms with van der Waals surface area (Å²) in [5.41, 5.74) is 1.98. The summed E-state index contributed by atoms with van der Waals surface area (Å²) in [7, 11) is 0. The second-order valence-corrected chi connectivity index (χ2v) is 4.38. The molecule has 0 aliphatic rings. The molecule has 0 aliphatic carbocycles. The van der Waals surface area contributed by atoms with Crippen LogP contribution in [0, 0.1) is 22.2 Å². The van der Waals surface area contributed by atoms with Crippen molar-refractivity contribution in [1.82, 2.24) is 9.90 Å². The molecular weight excluding hydrogens is 260 g/mol. The lowest BCUT2D eigenvalue weighted by molar-refractivity contribution is -0.664. The van der Waals surface area contributed by atoms with Crippen LogP contribution in [0.4, 0.5) is 5.69 Å². The molecule has 7 heteroatoms. The molecule has 0 spiro atoms. The summed E-state index contributed by atoms with van der Waals surface area (Å²) in [5, 5.41) is 27.2. The highest BCUT2D eigenvalue weighted by Gasteiger charge is 2.20. The van der Waals surface area contributed by atoms with E-state index in [9.17, 15) is 15.3 Å². The van der Waals surface area contributed by atoms with Gasteiger partial charge in [-0.1, -0.05) is 18.2 Å². The molecule has 0 atom stereocenters. The first-order valence-electron chi connectivity index (χ1n) is 5.91. The minimum absolute atomic E-state index is 0.133. The summed E-state index contributed by atoms with van der Waals surface area (Å²) in [5.74, 6) is 0. The zero-order valence-corrected chi connectivity index (χ0v) is 10.6. The molecule has 7 nitrogen and oxygen atoms in total. The van der Waals surface area contributed by atoms with Crippen LogP contribution in [0.15, 0.2) is 42.5 Å². The van der Waals surface area contributed by atoms with Gasteiger partial charge in [-0.15, -0.1) is 4.85 Å². The third-order valence-electron chi connectivity index (χ3n) is 3.08. The standard InChI is InChI=1S/C13H10N4O3/c1-9-4-2-3-5-12(9)15-14-11-7-6-10(17(19)20)8-13(11)16(15)18/h2-8H,1H3. The van der Waals surface area contributed by atoms with Crippen molar-refractivity contribution in [2.45, 2.75) is 6.92 Å². The van der Waals surface area contributed by atoms with Gasteiger partial charge in [0.25, 0.3) is 11.2 Å². The molecule has 0 saturated heterocycles. The third-order valence-corrected chi connectivity index (χ3v) is 3.08. The second kappa shape index (κ2) is 4.30. The van der Waals surface area contributed by atoms with Gasteiger partial charge in [0.05, 0.1) is 16.1 Å². The van der Waals surface area contributed by atoms with Gasteiger partial charge in [0.1, 0.15) is 5.69 Å². The lowest BCUT2D eigenvalue weighted by atomic mass is 10.2. The second-order valence-electron chi connectivity index (χ2n) is 4.38. The molecule has 1 heterocycles. The van der Waals surface area contributed by atoms with Gasteiger partial charge in [-0.25, -0.2) is 0 Å². The molecule has 1 aromatic heterocycles. The van der Waals surface area contributed by atoms with Crippen LogP contribution >= 0.6 is 0 Å². The van der Waals surface area contributed by atoms with E-state index in [1.807, 2.05) is 19.1 Å². The molecule has 0 radical (unpaired) electrons. The van der Waals surface area contributed by atoms with Gasteiger partial charge < -0.3 is 5.21 Å². The Balaban J connectivity index is 2.26.